The summed E-state index contributed by atoms with van der Waals surface area (Å²) in [6, 6.07) is 15.1. The summed E-state index contributed by atoms with van der Waals surface area (Å²) in [5.41, 5.74) is 2.85. The highest BCUT2D eigenvalue weighted by Crippen LogP contribution is 2.30. The Morgan fingerprint density at radius 3 is 2.54 bits per heavy atom. The van der Waals surface area contributed by atoms with E-state index >= 15 is 0 Å². The number of aryl methyl sites for hydroxylation is 1. The molecule has 1 unspecified atom stereocenters. The number of carbonyl (C=O) groups excluding carboxylic acids is 2. The molecule has 1 fully saturated rings. The molecule has 0 radical (unpaired) electrons. The molecule has 2 aromatic rings. The molecule has 136 valence electrons. The average Bonchev–Trinajstić information content (AvgIpc) is 3.46. The molecule has 0 heterocycles. The minimum absolute atomic E-state index is 0.00332. The van der Waals surface area contributed by atoms with E-state index in [9.17, 15) is 9.59 Å². The minimum atomic E-state index is -0.0879. The molecule has 1 atom stereocenters. The van der Waals surface area contributed by atoms with E-state index in [4.69, 9.17) is 11.6 Å². The Kier molecular flexibility index (Phi) is 5.94. The summed E-state index contributed by atoms with van der Waals surface area (Å²) in [6.45, 7) is 1.95. The predicted molar refractivity (Wildman–Crippen MR) is 104 cm³/mol. The van der Waals surface area contributed by atoms with Gasteiger partial charge in [-0.3, -0.25) is 9.59 Å². The summed E-state index contributed by atoms with van der Waals surface area (Å²) in [4.78, 5) is 24.0. The van der Waals surface area contributed by atoms with Crippen molar-refractivity contribution in [2.75, 3.05) is 5.32 Å². The van der Waals surface area contributed by atoms with Crippen molar-refractivity contribution in [3.63, 3.8) is 0 Å². The van der Waals surface area contributed by atoms with Crippen molar-refractivity contribution < 1.29 is 9.59 Å². The Morgan fingerprint density at radius 2 is 1.88 bits per heavy atom. The van der Waals surface area contributed by atoms with Crippen LogP contribution in [0.1, 0.15) is 43.4 Å². The van der Waals surface area contributed by atoms with Gasteiger partial charge < -0.3 is 10.6 Å². The highest BCUT2D eigenvalue weighted by molar-refractivity contribution is 6.30. The molecule has 1 aliphatic carbocycles. The van der Waals surface area contributed by atoms with Gasteiger partial charge in [-0.1, -0.05) is 35.9 Å². The summed E-state index contributed by atoms with van der Waals surface area (Å²) in [5.74, 6) is 0.288. The largest absolute Gasteiger partial charge is 0.350 e. The van der Waals surface area contributed by atoms with Crippen LogP contribution in [-0.4, -0.2) is 11.8 Å². The summed E-state index contributed by atoms with van der Waals surface area (Å²) in [7, 11) is 0. The van der Waals surface area contributed by atoms with E-state index in [2.05, 4.69) is 10.6 Å². The van der Waals surface area contributed by atoms with Gasteiger partial charge in [-0.05, 0) is 61.6 Å². The third-order valence-corrected chi connectivity index (χ3v) is 4.77. The molecule has 2 N–H and O–H groups in total. The van der Waals surface area contributed by atoms with Crippen molar-refractivity contribution in [2.45, 2.75) is 38.6 Å². The SMILES string of the molecule is CC(NC(=O)CCc1cccc(Cl)c1)c1ccc(NC(=O)C2CC2)cc1. The zero-order valence-electron chi connectivity index (χ0n) is 14.8. The van der Waals surface area contributed by atoms with Crippen molar-refractivity contribution in [2.24, 2.45) is 5.92 Å². The second-order valence-corrected chi connectivity index (χ2v) is 7.24. The molecular weight excluding hydrogens is 348 g/mol. The van der Waals surface area contributed by atoms with Gasteiger partial charge >= 0.3 is 0 Å². The van der Waals surface area contributed by atoms with Crippen LogP contribution in [0, 0.1) is 5.92 Å². The van der Waals surface area contributed by atoms with Gasteiger partial charge in [-0.25, -0.2) is 0 Å². The van der Waals surface area contributed by atoms with Gasteiger partial charge in [0, 0.05) is 23.0 Å². The van der Waals surface area contributed by atoms with Gasteiger partial charge in [0.15, 0.2) is 0 Å². The second kappa shape index (κ2) is 8.37. The third kappa shape index (κ3) is 5.33. The summed E-state index contributed by atoms with van der Waals surface area (Å²) in [5, 5.41) is 6.61. The number of benzene rings is 2. The van der Waals surface area contributed by atoms with E-state index in [0.717, 1.165) is 29.7 Å². The van der Waals surface area contributed by atoms with Crippen LogP contribution in [0.5, 0.6) is 0 Å². The average molecular weight is 371 g/mol. The molecule has 2 aromatic carbocycles. The maximum Gasteiger partial charge on any atom is 0.227 e. The quantitative estimate of drug-likeness (QED) is 0.753. The van der Waals surface area contributed by atoms with Crippen LogP contribution in [-0.2, 0) is 16.0 Å². The van der Waals surface area contributed by atoms with Crippen LogP contribution in [0.15, 0.2) is 48.5 Å². The molecule has 1 aliphatic rings. The molecule has 1 saturated carbocycles. The lowest BCUT2D eigenvalue weighted by Crippen LogP contribution is -2.26. The van der Waals surface area contributed by atoms with Crippen molar-refractivity contribution in [1.82, 2.24) is 5.32 Å². The van der Waals surface area contributed by atoms with Gasteiger partial charge in [0.05, 0.1) is 6.04 Å². The molecule has 0 aliphatic heterocycles. The predicted octanol–water partition coefficient (Wildman–Crippen LogP) is 4.50. The van der Waals surface area contributed by atoms with E-state index in [1.54, 1.807) is 0 Å². The number of amides is 2. The lowest BCUT2D eigenvalue weighted by molar-refractivity contribution is -0.121. The minimum Gasteiger partial charge on any atom is -0.350 e. The van der Waals surface area contributed by atoms with Gasteiger partial charge in [0.25, 0.3) is 0 Å². The topological polar surface area (TPSA) is 58.2 Å². The van der Waals surface area contributed by atoms with Crippen LogP contribution >= 0.6 is 11.6 Å². The zero-order valence-corrected chi connectivity index (χ0v) is 15.6. The molecule has 26 heavy (non-hydrogen) atoms. The van der Waals surface area contributed by atoms with E-state index in [1.165, 1.54) is 0 Å². The van der Waals surface area contributed by atoms with Gasteiger partial charge in [-0.2, -0.15) is 0 Å². The van der Waals surface area contributed by atoms with Crippen LogP contribution in [0.4, 0.5) is 5.69 Å². The van der Waals surface area contributed by atoms with E-state index in [-0.39, 0.29) is 23.8 Å². The van der Waals surface area contributed by atoms with Gasteiger partial charge in [-0.15, -0.1) is 0 Å². The molecule has 2 amide bonds. The fourth-order valence-corrected chi connectivity index (χ4v) is 3.01. The van der Waals surface area contributed by atoms with E-state index in [0.29, 0.717) is 17.9 Å². The second-order valence-electron chi connectivity index (χ2n) is 6.80. The van der Waals surface area contributed by atoms with Crippen LogP contribution < -0.4 is 10.6 Å². The normalized spacial score (nSPS) is 14.5. The number of hydrogen-bond acceptors (Lipinski definition) is 2. The van der Waals surface area contributed by atoms with Crippen molar-refractivity contribution in [3.8, 4) is 0 Å². The molecule has 4 nitrogen and oxygen atoms in total. The molecule has 0 spiro atoms. The standard InChI is InChI=1S/C21H23ClN2O2/c1-14(23-20(25)12-5-15-3-2-4-18(22)13-15)16-8-10-19(11-9-16)24-21(26)17-6-7-17/h2-4,8-11,13-14,17H,5-7,12H2,1H3,(H,23,25)(H,24,26). The summed E-state index contributed by atoms with van der Waals surface area (Å²) >= 11 is 5.96. The van der Waals surface area contributed by atoms with E-state index < -0.39 is 0 Å². The zero-order chi connectivity index (χ0) is 18.5. The fraction of sp³-hybridized carbons (Fsp3) is 0.333. The molecule has 0 bridgehead atoms. The molecule has 0 aromatic heterocycles. The number of hydrogen-bond donors (Lipinski definition) is 2. The van der Waals surface area contributed by atoms with Crippen molar-refractivity contribution in [1.29, 1.82) is 0 Å². The Morgan fingerprint density at radius 1 is 1.15 bits per heavy atom. The first-order valence-electron chi connectivity index (χ1n) is 8.96. The first-order valence-corrected chi connectivity index (χ1v) is 9.33. The third-order valence-electron chi connectivity index (χ3n) is 4.53. The molecular formula is C21H23ClN2O2. The number of nitrogens with one attached hydrogen (secondary N) is 2. The summed E-state index contributed by atoms with van der Waals surface area (Å²) < 4.78 is 0. The highest BCUT2D eigenvalue weighted by atomic mass is 35.5. The maximum absolute atomic E-state index is 12.2. The summed E-state index contributed by atoms with van der Waals surface area (Å²) in [6.07, 6.45) is 3.05. The van der Waals surface area contributed by atoms with Gasteiger partial charge in [0.1, 0.15) is 0 Å². The highest BCUT2D eigenvalue weighted by Gasteiger charge is 2.29. The Labute approximate surface area is 158 Å². The molecule has 5 heteroatoms. The lowest BCUT2D eigenvalue weighted by atomic mass is 10.1. The number of halogens is 1. The van der Waals surface area contributed by atoms with Crippen LogP contribution in [0.2, 0.25) is 5.02 Å². The molecule has 3 rings (SSSR count). The van der Waals surface area contributed by atoms with Gasteiger partial charge in [0.2, 0.25) is 11.8 Å². The van der Waals surface area contributed by atoms with Crippen molar-refractivity contribution in [3.05, 3.63) is 64.7 Å². The lowest BCUT2D eigenvalue weighted by Gasteiger charge is -2.15. The Bertz CT molecular complexity index is 785. The first kappa shape index (κ1) is 18.5. The number of rotatable bonds is 7. The monoisotopic (exact) mass is 370 g/mol. The fourth-order valence-electron chi connectivity index (χ4n) is 2.79. The smallest absolute Gasteiger partial charge is 0.227 e. The maximum atomic E-state index is 12.2. The van der Waals surface area contributed by atoms with Crippen LogP contribution in [0.3, 0.4) is 0 Å². The Hall–Kier alpha value is -2.33. The first-order chi connectivity index (χ1) is 12.5. The van der Waals surface area contributed by atoms with E-state index in [1.807, 2.05) is 55.5 Å². The molecule has 0 saturated heterocycles. The number of anilines is 1. The number of carbonyl (C=O) groups is 2. The Balaban J connectivity index is 1.48. The van der Waals surface area contributed by atoms with Crippen LogP contribution in [0.25, 0.3) is 0 Å². The van der Waals surface area contributed by atoms with Crippen molar-refractivity contribution >= 4 is 29.1 Å².